The lowest BCUT2D eigenvalue weighted by molar-refractivity contribution is 0.457. The SMILES string of the molecule is C.CC(C)C(C)C.CCC(C)(C)N.CCCC. The van der Waals surface area contributed by atoms with Crippen molar-refractivity contribution in [1.82, 2.24) is 0 Å². The molecule has 0 aliphatic carbocycles. The molecule has 0 radical (unpaired) electrons. The number of rotatable bonds is 3. The Hall–Kier alpha value is -0.0400. The van der Waals surface area contributed by atoms with Crippen LogP contribution in [0.4, 0.5) is 0 Å². The minimum Gasteiger partial charge on any atom is -0.326 e. The zero-order chi connectivity index (χ0) is 13.8. The van der Waals surface area contributed by atoms with Gasteiger partial charge in [-0.05, 0) is 32.1 Å². The van der Waals surface area contributed by atoms with Crippen molar-refractivity contribution in [3.63, 3.8) is 0 Å². The maximum atomic E-state index is 5.53. The first kappa shape index (κ1) is 25.7. The molecule has 1 heteroatoms. The van der Waals surface area contributed by atoms with Gasteiger partial charge in [0, 0.05) is 5.54 Å². The summed E-state index contributed by atoms with van der Waals surface area (Å²) in [5, 5.41) is 0. The molecule has 0 aliphatic rings. The summed E-state index contributed by atoms with van der Waals surface area (Å²) < 4.78 is 0. The predicted octanol–water partition coefficient (Wildman–Crippen LogP) is 5.87. The van der Waals surface area contributed by atoms with Crippen LogP contribution in [0.2, 0.25) is 0 Å². The van der Waals surface area contributed by atoms with Gasteiger partial charge in [0.2, 0.25) is 0 Å². The molecule has 0 spiro atoms. The lowest BCUT2D eigenvalue weighted by Crippen LogP contribution is -2.30. The van der Waals surface area contributed by atoms with Crippen molar-refractivity contribution >= 4 is 0 Å². The van der Waals surface area contributed by atoms with Gasteiger partial charge in [0.25, 0.3) is 0 Å². The Morgan fingerprint density at radius 2 is 1.00 bits per heavy atom. The Kier molecular flexibility index (Phi) is 24.1. The van der Waals surface area contributed by atoms with Crippen LogP contribution in [0.3, 0.4) is 0 Å². The predicted molar refractivity (Wildman–Crippen MR) is 85.5 cm³/mol. The maximum Gasteiger partial charge on any atom is 0.00944 e. The lowest BCUT2D eigenvalue weighted by atomic mass is 10.0. The molecule has 0 saturated heterocycles. The summed E-state index contributed by atoms with van der Waals surface area (Å²) in [6.07, 6.45) is 3.69. The highest BCUT2D eigenvalue weighted by molar-refractivity contribution is 4.67. The van der Waals surface area contributed by atoms with Gasteiger partial charge in [0.1, 0.15) is 0 Å². The van der Waals surface area contributed by atoms with Gasteiger partial charge in [-0.1, -0.05) is 68.7 Å². The van der Waals surface area contributed by atoms with Crippen molar-refractivity contribution in [2.75, 3.05) is 0 Å². The molecule has 0 amide bonds. The molecular formula is C16H41N. The molecule has 0 unspecified atom stereocenters. The normalized spacial score (nSPS) is 9.88. The van der Waals surface area contributed by atoms with Crippen LogP contribution in [-0.2, 0) is 0 Å². The van der Waals surface area contributed by atoms with Gasteiger partial charge in [-0.25, -0.2) is 0 Å². The molecule has 0 aromatic heterocycles. The van der Waals surface area contributed by atoms with E-state index in [-0.39, 0.29) is 13.0 Å². The summed E-state index contributed by atoms with van der Waals surface area (Å²) in [6.45, 7) is 19.4. The molecule has 0 atom stereocenters. The summed E-state index contributed by atoms with van der Waals surface area (Å²) in [7, 11) is 0. The highest BCUT2D eigenvalue weighted by Gasteiger charge is 2.03. The molecule has 110 valence electrons. The van der Waals surface area contributed by atoms with Gasteiger partial charge < -0.3 is 5.73 Å². The number of nitrogens with two attached hydrogens (primary N) is 1. The van der Waals surface area contributed by atoms with E-state index in [1.165, 1.54) is 12.8 Å². The van der Waals surface area contributed by atoms with Crippen LogP contribution < -0.4 is 5.73 Å². The van der Waals surface area contributed by atoms with Crippen molar-refractivity contribution in [3.05, 3.63) is 0 Å². The van der Waals surface area contributed by atoms with E-state index in [0.717, 1.165) is 18.3 Å². The van der Waals surface area contributed by atoms with Gasteiger partial charge in [0.05, 0.1) is 0 Å². The van der Waals surface area contributed by atoms with Gasteiger partial charge >= 0.3 is 0 Å². The Labute approximate surface area is 113 Å². The summed E-state index contributed by atoms with van der Waals surface area (Å²) in [5.74, 6) is 1.70. The highest BCUT2D eigenvalue weighted by Crippen LogP contribution is 2.05. The fourth-order valence-corrected chi connectivity index (χ4v) is 0. The molecule has 2 N–H and O–H groups in total. The van der Waals surface area contributed by atoms with Crippen molar-refractivity contribution < 1.29 is 0 Å². The summed E-state index contributed by atoms with van der Waals surface area (Å²) in [5.41, 5.74) is 5.58. The van der Waals surface area contributed by atoms with Crippen molar-refractivity contribution in [2.45, 2.75) is 94.5 Å². The van der Waals surface area contributed by atoms with Crippen molar-refractivity contribution in [2.24, 2.45) is 17.6 Å². The van der Waals surface area contributed by atoms with Crippen LogP contribution in [0.5, 0.6) is 0 Å². The van der Waals surface area contributed by atoms with E-state index in [9.17, 15) is 0 Å². The van der Waals surface area contributed by atoms with Gasteiger partial charge in [-0.15, -0.1) is 0 Å². The Morgan fingerprint density at radius 3 is 1.00 bits per heavy atom. The zero-order valence-electron chi connectivity index (χ0n) is 13.4. The number of hydrogen-bond acceptors (Lipinski definition) is 1. The minimum absolute atomic E-state index is 0. The third-order valence-corrected chi connectivity index (χ3v) is 2.74. The van der Waals surface area contributed by atoms with E-state index < -0.39 is 0 Å². The lowest BCUT2D eigenvalue weighted by Gasteiger charge is -2.13. The maximum absolute atomic E-state index is 5.53. The molecule has 0 bridgehead atoms. The van der Waals surface area contributed by atoms with Crippen LogP contribution >= 0.6 is 0 Å². The molecular weight excluding hydrogens is 206 g/mol. The van der Waals surface area contributed by atoms with Gasteiger partial charge in [-0.2, -0.15) is 0 Å². The summed E-state index contributed by atoms with van der Waals surface area (Å²) in [4.78, 5) is 0. The van der Waals surface area contributed by atoms with Crippen LogP contribution in [0.25, 0.3) is 0 Å². The van der Waals surface area contributed by atoms with Crippen molar-refractivity contribution in [1.29, 1.82) is 0 Å². The average molecular weight is 248 g/mol. The van der Waals surface area contributed by atoms with Gasteiger partial charge in [0.15, 0.2) is 0 Å². The second kappa shape index (κ2) is 16.0. The Balaban J connectivity index is -0.0000000741. The van der Waals surface area contributed by atoms with Gasteiger partial charge in [-0.3, -0.25) is 0 Å². The number of hydrogen-bond donors (Lipinski definition) is 1. The Bertz CT molecular complexity index is 101. The summed E-state index contributed by atoms with van der Waals surface area (Å²) >= 11 is 0. The average Bonchev–Trinajstić information content (AvgIpc) is 2.18. The quantitative estimate of drug-likeness (QED) is 0.662. The fourth-order valence-electron chi connectivity index (χ4n) is 0. The second-order valence-electron chi connectivity index (χ2n) is 5.83. The van der Waals surface area contributed by atoms with Crippen LogP contribution in [0.1, 0.15) is 89.0 Å². The van der Waals surface area contributed by atoms with E-state index in [1.807, 2.05) is 13.8 Å². The fraction of sp³-hybridized carbons (Fsp3) is 1.00. The monoisotopic (exact) mass is 247 g/mol. The van der Waals surface area contributed by atoms with E-state index in [1.54, 1.807) is 0 Å². The molecule has 0 aliphatic heterocycles. The second-order valence-corrected chi connectivity index (χ2v) is 5.83. The van der Waals surface area contributed by atoms with E-state index in [0.29, 0.717) is 0 Å². The Morgan fingerprint density at radius 1 is 0.824 bits per heavy atom. The molecule has 1 nitrogen and oxygen atoms in total. The zero-order valence-corrected chi connectivity index (χ0v) is 13.4. The first-order valence-electron chi connectivity index (χ1n) is 6.91. The van der Waals surface area contributed by atoms with E-state index >= 15 is 0 Å². The topological polar surface area (TPSA) is 26.0 Å². The molecule has 0 saturated carbocycles. The van der Waals surface area contributed by atoms with E-state index in [2.05, 4.69) is 48.5 Å². The minimum atomic E-state index is 0. The molecule has 0 rings (SSSR count). The van der Waals surface area contributed by atoms with Crippen LogP contribution in [0.15, 0.2) is 0 Å². The van der Waals surface area contributed by atoms with Crippen LogP contribution in [-0.4, -0.2) is 5.54 Å². The first-order chi connectivity index (χ1) is 7.12. The van der Waals surface area contributed by atoms with Crippen LogP contribution in [0, 0.1) is 11.8 Å². The molecule has 0 fully saturated rings. The molecule has 0 aromatic carbocycles. The first-order valence-corrected chi connectivity index (χ1v) is 6.91. The number of unbranched alkanes of at least 4 members (excludes halogenated alkanes) is 1. The highest BCUT2D eigenvalue weighted by atomic mass is 14.7. The third kappa shape index (κ3) is 49.1. The summed E-state index contributed by atoms with van der Waals surface area (Å²) in [6, 6.07) is 0. The van der Waals surface area contributed by atoms with Crippen molar-refractivity contribution in [3.8, 4) is 0 Å². The molecule has 0 aromatic rings. The third-order valence-electron chi connectivity index (χ3n) is 2.74. The van der Waals surface area contributed by atoms with E-state index in [4.69, 9.17) is 5.73 Å². The standard InChI is InChI=1S/C6H14.C5H13N.C4H10.CH4/c1-5(2)6(3)4;1-4-5(2,3)6;1-3-4-2;/h5-6H,1-4H3;4,6H2,1-3H3;3-4H2,1-2H3;1H4. The smallest absolute Gasteiger partial charge is 0.00944 e. The molecule has 0 heterocycles. The largest absolute Gasteiger partial charge is 0.326 e. The molecule has 17 heavy (non-hydrogen) atoms.